The average molecular weight is 429 g/mol. The Hall–Kier alpha value is -3.45. The van der Waals surface area contributed by atoms with E-state index in [2.05, 4.69) is 73.3 Å². The summed E-state index contributed by atoms with van der Waals surface area (Å²) in [5.74, 6) is 0.152. The van der Waals surface area contributed by atoms with Crippen LogP contribution < -0.4 is 10.7 Å². The van der Waals surface area contributed by atoms with Crippen molar-refractivity contribution >= 4 is 23.9 Å². The summed E-state index contributed by atoms with van der Waals surface area (Å²) in [5, 5.41) is 7.07. The summed E-state index contributed by atoms with van der Waals surface area (Å²) in [6.45, 7) is 3.22. The first kappa shape index (κ1) is 20.5. The van der Waals surface area contributed by atoms with Crippen LogP contribution in [0.1, 0.15) is 29.7 Å². The minimum Gasteiger partial charge on any atom is -0.361 e. The third-order valence-electron chi connectivity index (χ3n) is 6.32. The molecule has 1 fully saturated rings. The Labute approximate surface area is 188 Å². The van der Waals surface area contributed by atoms with Crippen LogP contribution in [-0.4, -0.2) is 40.8 Å². The molecule has 164 valence electrons. The van der Waals surface area contributed by atoms with Gasteiger partial charge in [0.15, 0.2) is 0 Å². The Balaban J connectivity index is 1.18. The van der Waals surface area contributed by atoms with Gasteiger partial charge in [0.1, 0.15) is 5.92 Å². The van der Waals surface area contributed by atoms with E-state index in [4.69, 9.17) is 0 Å². The quantitative estimate of drug-likeness (QED) is 0.661. The van der Waals surface area contributed by atoms with Gasteiger partial charge < -0.3 is 10.3 Å². The van der Waals surface area contributed by atoms with Crippen molar-refractivity contribution in [3.63, 3.8) is 0 Å². The van der Waals surface area contributed by atoms with Crippen molar-refractivity contribution in [1.82, 2.24) is 20.6 Å². The molecule has 1 atom stereocenters. The minimum absolute atomic E-state index is 0.158. The second-order valence-corrected chi connectivity index (χ2v) is 8.64. The number of H-pyrrole nitrogens is 1. The van der Waals surface area contributed by atoms with E-state index in [1.54, 1.807) is 18.6 Å². The number of carbonyl (C=O) groups excluding carboxylic acids is 1. The van der Waals surface area contributed by atoms with Gasteiger partial charge in [0.2, 0.25) is 0 Å². The SMILES string of the molecule is O=C1NN=CC1C1=NC=CNC1=Cc1cc(CN2CCC(Cc3ccccc3)CC2)c[nH]1. The van der Waals surface area contributed by atoms with E-state index < -0.39 is 5.92 Å². The lowest BCUT2D eigenvalue weighted by atomic mass is 9.90. The number of nitrogens with zero attached hydrogens (tertiary/aromatic N) is 3. The second kappa shape index (κ2) is 9.36. The molecule has 0 spiro atoms. The van der Waals surface area contributed by atoms with Gasteiger partial charge in [0, 0.05) is 37.1 Å². The van der Waals surface area contributed by atoms with Gasteiger partial charge in [-0.1, -0.05) is 30.3 Å². The number of hydrogen-bond donors (Lipinski definition) is 3. The van der Waals surface area contributed by atoms with Crippen LogP contribution in [0.2, 0.25) is 0 Å². The maximum absolute atomic E-state index is 12.0. The number of rotatable bonds is 6. The largest absolute Gasteiger partial charge is 0.361 e. The molecule has 0 bridgehead atoms. The van der Waals surface area contributed by atoms with E-state index >= 15 is 0 Å². The fourth-order valence-corrected chi connectivity index (χ4v) is 4.60. The van der Waals surface area contributed by atoms with Crippen LogP contribution >= 0.6 is 0 Å². The monoisotopic (exact) mass is 428 g/mol. The smallest absolute Gasteiger partial charge is 0.254 e. The van der Waals surface area contributed by atoms with Gasteiger partial charge in [-0.25, -0.2) is 5.43 Å². The number of likely N-dealkylation sites (tertiary alicyclic amines) is 1. The zero-order valence-electron chi connectivity index (χ0n) is 18.0. The predicted octanol–water partition coefficient (Wildman–Crippen LogP) is 3.06. The normalized spacial score (nSPS) is 22.8. The van der Waals surface area contributed by atoms with Crippen molar-refractivity contribution < 1.29 is 4.79 Å². The van der Waals surface area contributed by atoms with Crippen LogP contribution in [0.25, 0.3) is 6.08 Å². The third-order valence-corrected chi connectivity index (χ3v) is 6.32. The minimum atomic E-state index is -0.467. The summed E-state index contributed by atoms with van der Waals surface area (Å²) in [6.07, 6.45) is 12.8. The van der Waals surface area contributed by atoms with Gasteiger partial charge in [0.25, 0.3) is 5.91 Å². The summed E-state index contributed by atoms with van der Waals surface area (Å²) in [7, 11) is 0. The number of piperidine rings is 1. The van der Waals surface area contributed by atoms with Crippen LogP contribution in [0.5, 0.6) is 0 Å². The molecule has 1 unspecified atom stereocenters. The highest BCUT2D eigenvalue weighted by atomic mass is 16.2. The number of aromatic amines is 1. The van der Waals surface area contributed by atoms with Crippen molar-refractivity contribution in [1.29, 1.82) is 0 Å². The van der Waals surface area contributed by atoms with E-state index in [0.29, 0.717) is 5.71 Å². The third kappa shape index (κ3) is 4.73. The van der Waals surface area contributed by atoms with Gasteiger partial charge in [-0.2, -0.15) is 5.10 Å². The molecule has 1 amide bonds. The topological polar surface area (TPSA) is 84.9 Å². The van der Waals surface area contributed by atoms with Crippen LogP contribution in [0, 0.1) is 11.8 Å². The number of amides is 1. The van der Waals surface area contributed by atoms with Crippen molar-refractivity contribution in [3.05, 3.63) is 77.5 Å². The first-order valence-electron chi connectivity index (χ1n) is 11.2. The number of carbonyl (C=O) groups is 1. The molecule has 1 aromatic carbocycles. The molecule has 1 aromatic heterocycles. The standard InChI is InChI=1S/C25H28N6O/c32-25-22(16-29-30-25)24-23(26-8-9-27-24)14-21-13-20(15-28-21)17-31-10-6-19(7-11-31)12-18-4-2-1-3-5-18/h1-5,8-9,13-16,19,22,26,28H,6-7,10-12,17H2,(H,30,32). The Morgan fingerprint density at radius 1 is 1.12 bits per heavy atom. The predicted molar refractivity (Wildman–Crippen MR) is 127 cm³/mol. The van der Waals surface area contributed by atoms with Crippen LogP contribution in [0.15, 0.2) is 70.8 Å². The van der Waals surface area contributed by atoms with Crippen LogP contribution in [0.3, 0.4) is 0 Å². The van der Waals surface area contributed by atoms with Gasteiger partial charge in [-0.05, 0) is 61.5 Å². The van der Waals surface area contributed by atoms with Crippen molar-refractivity contribution in [2.75, 3.05) is 13.1 Å². The van der Waals surface area contributed by atoms with Gasteiger partial charge in [-0.3, -0.25) is 14.7 Å². The molecule has 0 radical (unpaired) electrons. The first-order chi connectivity index (χ1) is 15.7. The summed E-state index contributed by atoms with van der Waals surface area (Å²) in [5.41, 5.74) is 7.65. The fourth-order valence-electron chi connectivity index (χ4n) is 4.60. The lowest BCUT2D eigenvalue weighted by Gasteiger charge is -2.31. The molecule has 1 saturated heterocycles. The number of nitrogens with one attached hydrogen (secondary N) is 3. The molecule has 4 heterocycles. The summed E-state index contributed by atoms with van der Waals surface area (Å²) < 4.78 is 0. The molecule has 0 aliphatic carbocycles. The molecule has 32 heavy (non-hydrogen) atoms. The van der Waals surface area contributed by atoms with E-state index in [-0.39, 0.29) is 5.91 Å². The summed E-state index contributed by atoms with van der Waals surface area (Å²) >= 11 is 0. The number of hydrazone groups is 1. The number of aliphatic imine (C=N–C) groups is 1. The number of benzene rings is 1. The van der Waals surface area contributed by atoms with E-state index in [9.17, 15) is 4.79 Å². The van der Waals surface area contributed by atoms with Gasteiger partial charge in [-0.15, -0.1) is 0 Å². The Morgan fingerprint density at radius 2 is 1.97 bits per heavy atom. The van der Waals surface area contributed by atoms with E-state index in [0.717, 1.165) is 36.9 Å². The lowest BCUT2D eigenvalue weighted by Crippen LogP contribution is -2.33. The fraction of sp³-hybridized carbons (Fsp3) is 0.320. The molecular formula is C25H28N6O. The van der Waals surface area contributed by atoms with E-state index in [1.165, 1.54) is 30.4 Å². The van der Waals surface area contributed by atoms with Gasteiger partial charge in [0.05, 0.1) is 11.4 Å². The molecule has 5 rings (SSSR count). The molecule has 3 aliphatic rings. The molecule has 7 heteroatoms. The highest BCUT2D eigenvalue weighted by Crippen LogP contribution is 2.23. The molecule has 0 saturated carbocycles. The number of aromatic nitrogens is 1. The summed E-state index contributed by atoms with van der Waals surface area (Å²) in [6, 6.07) is 13.0. The first-order valence-corrected chi connectivity index (χ1v) is 11.2. The Morgan fingerprint density at radius 3 is 2.75 bits per heavy atom. The summed E-state index contributed by atoms with van der Waals surface area (Å²) in [4.78, 5) is 22.3. The molecular weight excluding hydrogens is 400 g/mol. The molecule has 7 nitrogen and oxygen atoms in total. The highest BCUT2D eigenvalue weighted by molar-refractivity contribution is 6.24. The molecule has 3 aliphatic heterocycles. The maximum Gasteiger partial charge on any atom is 0.254 e. The maximum atomic E-state index is 12.0. The average Bonchev–Trinajstić information content (AvgIpc) is 3.45. The second-order valence-electron chi connectivity index (χ2n) is 8.64. The molecule has 3 N–H and O–H groups in total. The van der Waals surface area contributed by atoms with Crippen LogP contribution in [-0.2, 0) is 17.8 Å². The van der Waals surface area contributed by atoms with Crippen molar-refractivity contribution in [2.24, 2.45) is 21.9 Å². The highest BCUT2D eigenvalue weighted by Gasteiger charge is 2.29. The van der Waals surface area contributed by atoms with Crippen molar-refractivity contribution in [2.45, 2.75) is 25.8 Å². The number of allylic oxidation sites excluding steroid dienone is 1. The van der Waals surface area contributed by atoms with E-state index in [1.807, 2.05) is 6.08 Å². The zero-order chi connectivity index (χ0) is 21.8. The lowest BCUT2D eigenvalue weighted by molar-refractivity contribution is -0.120. The number of hydrogen-bond acceptors (Lipinski definition) is 5. The van der Waals surface area contributed by atoms with Gasteiger partial charge >= 0.3 is 0 Å². The Kier molecular flexibility index (Phi) is 5.98. The van der Waals surface area contributed by atoms with Crippen LogP contribution in [0.4, 0.5) is 0 Å². The van der Waals surface area contributed by atoms with Crippen molar-refractivity contribution in [3.8, 4) is 0 Å². The molecule has 2 aromatic rings. The zero-order valence-corrected chi connectivity index (χ0v) is 18.0. The Bertz CT molecular complexity index is 1070.